The average Bonchev–Trinajstić information content (AvgIpc) is 2.20. The highest BCUT2D eigenvalue weighted by Gasteiger charge is 2.09. The number of benzene rings is 1. The minimum atomic E-state index is -0.0319. The summed E-state index contributed by atoms with van der Waals surface area (Å²) in [5.74, 6) is -0.0319. The number of carbonyl (C=O) groups is 1. The first-order valence-corrected chi connectivity index (χ1v) is 5.03. The maximum Gasteiger partial charge on any atom is 0.251 e. The fourth-order valence-corrected chi connectivity index (χ4v) is 1.47. The minimum absolute atomic E-state index is 0.0319. The van der Waals surface area contributed by atoms with E-state index < -0.39 is 0 Å². The number of hydrogen-bond donors (Lipinski definition) is 1. The second-order valence-corrected chi connectivity index (χ2v) is 3.75. The van der Waals surface area contributed by atoms with Gasteiger partial charge in [-0.2, -0.15) is 0 Å². The molecule has 1 rings (SSSR count). The lowest BCUT2D eigenvalue weighted by atomic mass is 10.0. The number of carbonyl (C=O) groups excluding carboxylic acids is 1. The highest BCUT2D eigenvalue weighted by Crippen LogP contribution is 2.14. The van der Waals surface area contributed by atoms with Crippen LogP contribution in [0.5, 0.6) is 0 Å². The third kappa shape index (κ3) is 2.69. The highest BCUT2D eigenvalue weighted by atomic mass is 16.1. The fraction of sp³-hybridized carbons (Fsp3) is 0.308. The zero-order chi connectivity index (χ0) is 11.4. The van der Waals surface area contributed by atoms with Crippen LogP contribution in [0.1, 0.15) is 27.0 Å². The maximum atomic E-state index is 11.7. The van der Waals surface area contributed by atoms with Crippen molar-refractivity contribution < 1.29 is 4.79 Å². The summed E-state index contributed by atoms with van der Waals surface area (Å²) in [6.07, 6.45) is 1.67. The molecule has 15 heavy (non-hydrogen) atoms. The van der Waals surface area contributed by atoms with E-state index in [9.17, 15) is 4.79 Å². The molecule has 0 aliphatic rings. The zero-order valence-electron chi connectivity index (χ0n) is 9.55. The van der Waals surface area contributed by atoms with E-state index in [2.05, 4.69) is 11.9 Å². The molecule has 0 bridgehead atoms. The quantitative estimate of drug-likeness (QED) is 0.751. The lowest BCUT2D eigenvalue weighted by Gasteiger charge is -2.09. The Kier molecular flexibility index (Phi) is 3.67. The number of amides is 1. The van der Waals surface area contributed by atoms with Crippen molar-refractivity contribution in [3.63, 3.8) is 0 Å². The van der Waals surface area contributed by atoms with E-state index in [4.69, 9.17) is 0 Å². The normalized spacial score (nSPS) is 9.80. The monoisotopic (exact) mass is 203 g/mol. The van der Waals surface area contributed by atoms with E-state index in [0.29, 0.717) is 6.54 Å². The van der Waals surface area contributed by atoms with Gasteiger partial charge in [-0.3, -0.25) is 4.79 Å². The predicted octanol–water partition coefficient (Wildman–Crippen LogP) is 2.53. The second-order valence-electron chi connectivity index (χ2n) is 3.75. The van der Waals surface area contributed by atoms with Crippen LogP contribution in [0.4, 0.5) is 0 Å². The van der Waals surface area contributed by atoms with Gasteiger partial charge in [0.25, 0.3) is 5.91 Å². The Bertz CT molecular complexity index is 394. The summed E-state index contributed by atoms with van der Waals surface area (Å²) in [4.78, 5) is 11.7. The van der Waals surface area contributed by atoms with Crippen molar-refractivity contribution in [2.75, 3.05) is 6.54 Å². The van der Waals surface area contributed by atoms with Crippen LogP contribution in [-0.2, 0) is 0 Å². The van der Waals surface area contributed by atoms with Gasteiger partial charge in [0.05, 0.1) is 0 Å². The number of nitrogens with one attached hydrogen (secondary N) is 1. The number of hydrogen-bond acceptors (Lipinski definition) is 1. The smallest absolute Gasteiger partial charge is 0.251 e. The highest BCUT2D eigenvalue weighted by molar-refractivity contribution is 5.96. The van der Waals surface area contributed by atoms with Crippen molar-refractivity contribution in [3.8, 4) is 0 Å². The summed E-state index contributed by atoms with van der Waals surface area (Å²) < 4.78 is 0. The summed E-state index contributed by atoms with van der Waals surface area (Å²) in [7, 11) is 0. The van der Waals surface area contributed by atoms with Crippen LogP contribution in [0, 0.1) is 20.8 Å². The third-order valence-corrected chi connectivity index (χ3v) is 2.49. The Balaban J connectivity index is 2.98. The second kappa shape index (κ2) is 4.78. The van der Waals surface area contributed by atoms with Crippen molar-refractivity contribution in [1.82, 2.24) is 5.32 Å². The van der Waals surface area contributed by atoms with E-state index in [0.717, 1.165) is 16.7 Å². The molecule has 0 aliphatic heterocycles. The summed E-state index contributed by atoms with van der Waals surface area (Å²) in [6, 6.07) is 3.97. The Hall–Kier alpha value is -1.57. The first-order valence-electron chi connectivity index (χ1n) is 5.03. The first-order chi connectivity index (χ1) is 7.06. The molecule has 2 nitrogen and oxygen atoms in total. The van der Waals surface area contributed by atoms with Crippen molar-refractivity contribution >= 4 is 5.91 Å². The average molecular weight is 203 g/mol. The van der Waals surface area contributed by atoms with Crippen molar-refractivity contribution in [3.05, 3.63) is 47.0 Å². The van der Waals surface area contributed by atoms with Gasteiger partial charge < -0.3 is 5.32 Å². The topological polar surface area (TPSA) is 29.1 Å². The van der Waals surface area contributed by atoms with Gasteiger partial charge in [0.15, 0.2) is 0 Å². The molecule has 1 aromatic carbocycles. The maximum absolute atomic E-state index is 11.7. The molecule has 0 fully saturated rings. The van der Waals surface area contributed by atoms with E-state index in [-0.39, 0.29) is 5.91 Å². The Labute approximate surface area is 91.0 Å². The molecule has 0 spiro atoms. The molecule has 0 saturated carbocycles. The van der Waals surface area contributed by atoms with Gasteiger partial charge in [0, 0.05) is 12.1 Å². The van der Waals surface area contributed by atoms with Crippen molar-refractivity contribution in [2.45, 2.75) is 20.8 Å². The Morgan fingerprint density at radius 2 is 1.87 bits per heavy atom. The lowest BCUT2D eigenvalue weighted by molar-refractivity contribution is 0.0957. The first kappa shape index (κ1) is 11.5. The van der Waals surface area contributed by atoms with E-state index in [1.807, 2.05) is 32.9 Å². The molecule has 0 radical (unpaired) electrons. The van der Waals surface area contributed by atoms with Crippen LogP contribution < -0.4 is 5.32 Å². The van der Waals surface area contributed by atoms with Crippen molar-refractivity contribution in [2.24, 2.45) is 0 Å². The molecule has 0 saturated heterocycles. The number of aryl methyl sites for hydroxylation is 3. The molecule has 0 aliphatic carbocycles. The van der Waals surface area contributed by atoms with Crippen LogP contribution >= 0.6 is 0 Å². The molecule has 1 aromatic rings. The Morgan fingerprint density at radius 1 is 1.27 bits per heavy atom. The summed E-state index contributed by atoms with van der Waals surface area (Å²) in [5.41, 5.74) is 4.12. The summed E-state index contributed by atoms with van der Waals surface area (Å²) in [6.45, 7) is 10.1. The van der Waals surface area contributed by atoms with Gasteiger partial charge in [-0.15, -0.1) is 6.58 Å². The SMILES string of the molecule is C=CCNC(=O)c1cc(C)c(C)cc1C. The van der Waals surface area contributed by atoms with E-state index >= 15 is 0 Å². The molecule has 0 unspecified atom stereocenters. The van der Waals surface area contributed by atoms with Gasteiger partial charge in [-0.05, 0) is 43.5 Å². The predicted molar refractivity (Wildman–Crippen MR) is 63.2 cm³/mol. The van der Waals surface area contributed by atoms with Gasteiger partial charge >= 0.3 is 0 Å². The van der Waals surface area contributed by atoms with E-state index in [1.165, 1.54) is 5.56 Å². The van der Waals surface area contributed by atoms with Crippen LogP contribution in [-0.4, -0.2) is 12.5 Å². The zero-order valence-corrected chi connectivity index (χ0v) is 9.55. The molecule has 1 N–H and O–H groups in total. The molecule has 80 valence electrons. The van der Waals surface area contributed by atoms with Crippen LogP contribution in [0.2, 0.25) is 0 Å². The fourth-order valence-electron chi connectivity index (χ4n) is 1.47. The largest absolute Gasteiger partial charge is 0.349 e. The molecular weight excluding hydrogens is 186 g/mol. The summed E-state index contributed by atoms with van der Waals surface area (Å²) >= 11 is 0. The van der Waals surface area contributed by atoms with Crippen molar-refractivity contribution in [1.29, 1.82) is 0 Å². The third-order valence-electron chi connectivity index (χ3n) is 2.49. The lowest BCUT2D eigenvalue weighted by Crippen LogP contribution is -2.24. The van der Waals surface area contributed by atoms with Crippen LogP contribution in [0.25, 0.3) is 0 Å². The minimum Gasteiger partial charge on any atom is -0.349 e. The molecule has 2 heteroatoms. The van der Waals surface area contributed by atoms with E-state index in [1.54, 1.807) is 6.08 Å². The van der Waals surface area contributed by atoms with Crippen LogP contribution in [0.3, 0.4) is 0 Å². The van der Waals surface area contributed by atoms with Gasteiger partial charge in [0.1, 0.15) is 0 Å². The van der Waals surface area contributed by atoms with Crippen LogP contribution in [0.15, 0.2) is 24.8 Å². The molecule has 1 amide bonds. The van der Waals surface area contributed by atoms with Gasteiger partial charge in [-0.25, -0.2) is 0 Å². The molecule has 0 aromatic heterocycles. The van der Waals surface area contributed by atoms with Gasteiger partial charge in [0.2, 0.25) is 0 Å². The number of rotatable bonds is 3. The standard InChI is InChI=1S/C13H17NO/c1-5-6-14-13(15)12-8-10(3)9(2)7-11(12)4/h5,7-8H,1,6H2,2-4H3,(H,14,15). The molecule has 0 heterocycles. The Morgan fingerprint density at radius 3 is 2.47 bits per heavy atom. The molecular formula is C13H17NO. The molecule has 0 atom stereocenters. The van der Waals surface area contributed by atoms with Gasteiger partial charge in [-0.1, -0.05) is 12.1 Å². The summed E-state index contributed by atoms with van der Waals surface area (Å²) in [5, 5.41) is 2.78.